The van der Waals surface area contributed by atoms with Gasteiger partial charge in [-0.1, -0.05) is 17.7 Å². The van der Waals surface area contributed by atoms with E-state index in [-0.39, 0.29) is 11.1 Å². The van der Waals surface area contributed by atoms with Gasteiger partial charge in [-0.25, -0.2) is 9.48 Å². The lowest BCUT2D eigenvalue weighted by molar-refractivity contribution is -0.131. The zero-order chi connectivity index (χ0) is 16.4. The molecular formula is C17H18N2O3. The Kier molecular flexibility index (Phi) is 4.26. The second kappa shape index (κ2) is 5.97. The van der Waals surface area contributed by atoms with E-state index in [0.29, 0.717) is 5.69 Å². The molecule has 1 heterocycles. The predicted octanol–water partition coefficient (Wildman–Crippen LogP) is 2.56. The molecule has 0 spiro atoms. The first-order chi connectivity index (χ1) is 10.3. The molecule has 0 unspecified atom stereocenters. The third kappa shape index (κ3) is 3.14. The first kappa shape index (κ1) is 15.7. The number of nitrogens with zero attached hydrogens (tertiary/aromatic N) is 2. The molecule has 0 atom stereocenters. The molecule has 2 rings (SSSR count). The van der Waals surface area contributed by atoms with Crippen LogP contribution < -0.4 is 5.43 Å². The van der Waals surface area contributed by atoms with Crippen LogP contribution in [0.3, 0.4) is 0 Å². The van der Waals surface area contributed by atoms with Crippen LogP contribution in [-0.4, -0.2) is 20.9 Å². The summed E-state index contributed by atoms with van der Waals surface area (Å²) in [6.07, 6.45) is 2.14. The van der Waals surface area contributed by atoms with Gasteiger partial charge in [0.15, 0.2) is 0 Å². The summed E-state index contributed by atoms with van der Waals surface area (Å²) in [6, 6.07) is 5.57. The number of hydrogen-bond donors (Lipinski definition) is 1. The van der Waals surface area contributed by atoms with E-state index in [9.17, 15) is 9.59 Å². The van der Waals surface area contributed by atoms with Crippen LogP contribution in [-0.2, 0) is 4.79 Å². The lowest BCUT2D eigenvalue weighted by Gasteiger charge is -2.16. The van der Waals surface area contributed by atoms with Crippen LogP contribution in [0, 0.1) is 27.7 Å². The molecule has 0 aliphatic carbocycles. The number of carboxylic acid groups (broad SMARTS) is 1. The van der Waals surface area contributed by atoms with Crippen molar-refractivity contribution in [3.8, 4) is 5.69 Å². The van der Waals surface area contributed by atoms with Gasteiger partial charge in [0.1, 0.15) is 5.69 Å². The molecule has 0 saturated heterocycles. The Bertz CT molecular complexity index is 809. The number of aromatic nitrogens is 2. The van der Waals surface area contributed by atoms with Crippen molar-refractivity contribution < 1.29 is 9.90 Å². The molecule has 2 aromatic rings. The molecule has 0 fully saturated rings. The van der Waals surface area contributed by atoms with E-state index in [1.165, 1.54) is 12.1 Å². The fourth-order valence-corrected chi connectivity index (χ4v) is 2.56. The number of hydrogen-bond acceptors (Lipinski definition) is 3. The molecular weight excluding hydrogens is 280 g/mol. The van der Waals surface area contributed by atoms with E-state index in [1.54, 1.807) is 11.6 Å². The average molecular weight is 298 g/mol. The molecule has 0 aliphatic rings. The maximum absolute atomic E-state index is 11.9. The highest BCUT2D eigenvalue weighted by Crippen LogP contribution is 2.21. The average Bonchev–Trinajstić information content (AvgIpc) is 2.38. The quantitative estimate of drug-likeness (QED) is 0.884. The zero-order valence-electron chi connectivity index (χ0n) is 13.0. The van der Waals surface area contributed by atoms with Crippen molar-refractivity contribution >= 4 is 12.0 Å². The lowest BCUT2D eigenvalue weighted by Crippen LogP contribution is -2.18. The molecule has 22 heavy (non-hydrogen) atoms. The van der Waals surface area contributed by atoms with Gasteiger partial charge in [-0.05, 0) is 44.9 Å². The van der Waals surface area contributed by atoms with Crippen molar-refractivity contribution in [2.24, 2.45) is 0 Å². The Labute approximate surface area is 128 Å². The summed E-state index contributed by atoms with van der Waals surface area (Å²) in [4.78, 5) is 22.6. The van der Waals surface area contributed by atoms with Gasteiger partial charge in [0.2, 0.25) is 5.43 Å². The van der Waals surface area contributed by atoms with Gasteiger partial charge in [0.25, 0.3) is 0 Å². The van der Waals surface area contributed by atoms with Gasteiger partial charge in [-0.2, -0.15) is 5.10 Å². The number of aryl methyl sites for hydroxylation is 4. The monoisotopic (exact) mass is 298 g/mol. The normalized spacial score (nSPS) is 11.1. The van der Waals surface area contributed by atoms with Crippen molar-refractivity contribution in [2.45, 2.75) is 27.7 Å². The van der Waals surface area contributed by atoms with E-state index < -0.39 is 5.97 Å². The van der Waals surface area contributed by atoms with Crippen molar-refractivity contribution in [3.05, 3.63) is 62.6 Å². The van der Waals surface area contributed by atoms with Crippen LogP contribution in [0.1, 0.15) is 28.1 Å². The number of aliphatic carboxylic acids is 1. The first-order valence-electron chi connectivity index (χ1n) is 6.90. The van der Waals surface area contributed by atoms with Gasteiger partial charge >= 0.3 is 5.97 Å². The maximum Gasteiger partial charge on any atom is 0.328 e. The Morgan fingerprint density at radius 2 is 1.73 bits per heavy atom. The fourth-order valence-electron chi connectivity index (χ4n) is 2.56. The van der Waals surface area contributed by atoms with Gasteiger partial charge < -0.3 is 5.11 Å². The minimum Gasteiger partial charge on any atom is -0.478 e. The minimum atomic E-state index is -1.11. The van der Waals surface area contributed by atoms with Crippen LogP contribution in [0.25, 0.3) is 11.8 Å². The summed E-state index contributed by atoms with van der Waals surface area (Å²) in [5.74, 6) is -1.11. The lowest BCUT2D eigenvalue weighted by atomic mass is 10.0. The van der Waals surface area contributed by atoms with Crippen molar-refractivity contribution in [1.29, 1.82) is 0 Å². The number of carboxylic acids is 1. The maximum atomic E-state index is 11.9. The number of rotatable bonds is 3. The van der Waals surface area contributed by atoms with Gasteiger partial charge in [-0.3, -0.25) is 4.79 Å². The van der Waals surface area contributed by atoms with Crippen molar-refractivity contribution in [2.75, 3.05) is 0 Å². The summed E-state index contributed by atoms with van der Waals surface area (Å²) in [5.41, 5.74) is 4.67. The van der Waals surface area contributed by atoms with Crippen LogP contribution in [0.15, 0.2) is 29.1 Å². The Hall–Kier alpha value is -2.69. The Morgan fingerprint density at radius 3 is 2.27 bits per heavy atom. The third-order valence-corrected chi connectivity index (χ3v) is 3.37. The molecule has 5 nitrogen and oxygen atoms in total. The molecule has 0 saturated carbocycles. The Balaban J connectivity index is 2.69. The summed E-state index contributed by atoms with van der Waals surface area (Å²) >= 11 is 0. The van der Waals surface area contributed by atoms with Gasteiger partial charge in [-0.15, -0.1) is 0 Å². The number of carbonyl (C=O) groups is 1. The van der Waals surface area contributed by atoms with Crippen molar-refractivity contribution in [1.82, 2.24) is 9.78 Å². The summed E-state index contributed by atoms with van der Waals surface area (Å²) in [7, 11) is 0. The fraction of sp³-hybridized carbons (Fsp3) is 0.235. The van der Waals surface area contributed by atoms with Gasteiger partial charge in [0, 0.05) is 17.8 Å². The molecule has 0 bridgehead atoms. The summed E-state index contributed by atoms with van der Waals surface area (Å²) in [5, 5.41) is 13.0. The highest BCUT2D eigenvalue weighted by Gasteiger charge is 2.11. The van der Waals surface area contributed by atoms with E-state index in [4.69, 9.17) is 5.11 Å². The van der Waals surface area contributed by atoms with E-state index in [2.05, 4.69) is 5.10 Å². The second-order valence-electron chi connectivity index (χ2n) is 5.37. The molecule has 0 amide bonds. The molecule has 5 heteroatoms. The molecule has 1 aromatic carbocycles. The molecule has 1 N–H and O–H groups in total. The smallest absolute Gasteiger partial charge is 0.328 e. The predicted molar refractivity (Wildman–Crippen MR) is 85.5 cm³/mol. The summed E-state index contributed by atoms with van der Waals surface area (Å²) in [6.45, 7) is 7.80. The SMILES string of the molecule is Cc1cc(C)c(-n2nc(/C=C/C(=O)O)c(=O)cc2C)c(C)c1. The third-order valence-electron chi connectivity index (χ3n) is 3.37. The molecule has 0 radical (unpaired) electrons. The highest BCUT2D eigenvalue weighted by molar-refractivity contribution is 5.84. The Morgan fingerprint density at radius 1 is 1.14 bits per heavy atom. The van der Waals surface area contributed by atoms with E-state index >= 15 is 0 Å². The van der Waals surface area contributed by atoms with Gasteiger partial charge in [0.05, 0.1) is 5.69 Å². The standard InChI is InChI=1S/C17H18N2O3/c1-10-7-11(2)17(12(3)8-10)19-13(4)9-15(20)14(18-19)5-6-16(21)22/h5-9H,1-4H3,(H,21,22)/b6-5+. The molecule has 114 valence electrons. The first-order valence-corrected chi connectivity index (χ1v) is 6.90. The van der Waals surface area contributed by atoms with Crippen LogP contribution in [0.2, 0.25) is 0 Å². The topological polar surface area (TPSA) is 72.2 Å². The summed E-state index contributed by atoms with van der Waals surface area (Å²) < 4.78 is 1.69. The van der Waals surface area contributed by atoms with Crippen molar-refractivity contribution in [3.63, 3.8) is 0 Å². The highest BCUT2D eigenvalue weighted by atomic mass is 16.4. The molecule has 0 aliphatic heterocycles. The van der Waals surface area contributed by atoms with E-state index in [0.717, 1.165) is 28.5 Å². The van der Waals surface area contributed by atoms with Crippen LogP contribution >= 0.6 is 0 Å². The molecule has 1 aromatic heterocycles. The van der Waals surface area contributed by atoms with E-state index in [1.807, 2.05) is 32.9 Å². The largest absolute Gasteiger partial charge is 0.478 e. The zero-order valence-corrected chi connectivity index (χ0v) is 13.0. The van der Waals surface area contributed by atoms with Crippen LogP contribution in [0.5, 0.6) is 0 Å². The minimum absolute atomic E-state index is 0.104. The van der Waals surface area contributed by atoms with Crippen LogP contribution in [0.4, 0.5) is 0 Å². The number of benzene rings is 1. The second-order valence-corrected chi connectivity index (χ2v) is 5.37.